The van der Waals surface area contributed by atoms with Gasteiger partial charge < -0.3 is 0 Å². The molecule has 0 aliphatic heterocycles. The van der Waals surface area contributed by atoms with E-state index in [0.29, 0.717) is 0 Å². The van der Waals surface area contributed by atoms with E-state index in [4.69, 9.17) is 11.6 Å². The van der Waals surface area contributed by atoms with Crippen molar-refractivity contribution < 1.29 is 13.2 Å². The summed E-state index contributed by atoms with van der Waals surface area (Å²) in [5.74, 6) is 0. The van der Waals surface area contributed by atoms with Crippen LogP contribution in [0.5, 0.6) is 0 Å². The topological polar surface area (TPSA) is 12.4 Å². The van der Waals surface area contributed by atoms with Crippen LogP contribution in [0.4, 0.5) is 18.9 Å². The summed E-state index contributed by atoms with van der Waals surface area (Å²) in [5, 5.41) is -0.0396. The normalized spacial score (nSPS) is 11.5. The molecule has 0 fully saturated rings. The molecule has 76 valence electrons. The molecule has 0 aliphatic rings. The van der Waals surface area contributed by atoms with Gasteiger partial charge in [-0.15, -0.1) is 0 Å². The molecule has 14 heavy (non-hydrogen) atoms. The first-order valence-corrected chi connectivity index (χ1v) is 4.56. The largest absolute Gasteiger partial charge is 0.417 e. The molecule has 0 heterocycles. The molecule has 0 N–H and O–H groups in total. The Labute approximate surface area is 91.7 Å². The fourth-order valence-corrected chi connectivity index (χ4v) is 1.54. The molecule has 0 spiro atoms. The highest BCUT2D eigenvalue weighted by Gasteiger charge is 2.34. The van der Waals surface area contributed by atoms with Crippen molar-refractivity contribution in [2.24, 2.45) is 4.99 Å². The van der Waals surface area contributed by atoms with E-state index in [1.807, 2.05) is 0 Å². The molecule has 0 saturated carbocycles. The summed E-state index contributed by atoms with van der Waals surface area (Å²) in [7, 11) is 0. The van der Waals surface area contributed by atoms with E-state index in [1.54, 1.807) is 0 Å². The van der Waals surface area contributed by atoms with Crippen LogP contribution in [0.1, 0.15) is 5.56 Å². The lowest BCUT2D eigenvalue weighted by atomic mass is 10.2. The van der Waals surface area contributed by atoms with Gasteiger partial charge >= 0.3 is 6.18 Å². The van der Waals surface area contributed by atoms with Crippen LogP contribution in [0.15, 0.2) is 21.6 Å². The third-order valence-corrected chi connectivity index (χ3v) is 2.88. The van der Waals surface area contributed by atoms with Gasteiger partial charge in [0.1, 0.15) is 0 Å². The van der Waals surface area contributed by atoms with Crippen LogP contribution in [-0.2, 0) is 6.18 Å². The van der Waals surface area contributed by atoms with Gasteiger partial charge in [-0.2, -0.15) is 13.2 Å². The average Bonchev–Trinajstić information content (AvgIpc) is 2.07. The number of hydrogen-bond donors (Lipinski definition) is 0. The van der Waals surface area contributed by atoms with Crippen LogP contribution >= 0.6 is 27.5 Å². The Morgan fingerprint density at radius 3 is 2.36 bits per heavy atom. The molecular weight excluding hydrogens is 282 g/mol. The van der Waals surface area contributed by atoms with Crippen molar-refractivity contribution in [3.05, 3.63) is 27.2 Å². The number of hydrogen-bond acceptors (Lipinski definition) is 1. The Morgan fingerprint density at radius 1 is 1.36 bits per heavy atom. The third-order valence-electron chi connectivity index (χ3n) is 1.50. The monoisotopic (exact) mass is 285 g/mol. The number of rotatable bonds is 1. The first kappa shape index (κ1) is 11.5. The standard InChI is InChI=1S/C8H4BrClF3N/c1-14-4-2-5(8(11,12)13)7(9)6(10)3-4/h2-3H,1H2. The Hall–Kier alpha value is -0.550. The van der Waals surface area contributed by atoms with E-state index in [-0.39, 0.29) is 15.2 Å². The van der Waals surface area contributed by atoms with Crippen molar-refractivity contribution >= 4 is 39.9 Å². The molecule has 0 amide bonds. The van der Waals surface area contributed by atoms with Crippen molar-refractivity contribution in [2.45, 2.75) is 6.18 Å². The van der Waals surface area contributed by atoms with E-state index >= 15 is 0 Å². The smallest absolute Gasteiger partial charge is 0.265 e. The molecule has 0 bridgehead atoms. The quantitative estimate of drug-likeness (QED) is 0.676. The predicted octanol–water partition coefficient (Wildman–Crippen LogP) is 4.45. The average molecular weight is 286 g/mol. The molecule has 6 heteroatoms. The molecule has 0 atom stereocenters. The molecule has 0 saturated heterocycles. The molecule has 1 aromatic rings. The van der Waals surface area contributed by atoms with Gasteiger partial charge in [-0.25, -0.2) is 0 Å². The molecule has 1 aromatic carbocycles. The van der Waals surface area contributed by atoms with E-state index in [0.717, 1.165) is 6.07 Å². The minimum absolute atomic E-state index is 0.0396. The zero-order chi connectivity index (χ0) is 10.9. The second kappa shape index (κ2) is 3.90. The van der Waals surface area contributed by atoms with Crippen molar-refractivity contribution in [2.75, 3.05) is 0 Å². The van der Waals surface area contributed by atoms with Gasteiger partial charge in [0.15, 0.2) is 0 Å². The maximum Gasteiger partial charge on any atom is 0.417 e. The third kappa shape index (κ3) is 2.27. The van der Waals surface area contributed by atoms with Crippen LogP contribution in [0.2, 0.25) is 5.02 Å². The van der Waals surface area contributed by atoms with Gasteiger partial charge in [-0.1, -0.05) is 11.6 Å². The van der Waals surface area contributed by atoms with Gasteiger partial charge in [-0.3, -0.25) is 4.99 Å². The number of benzene rings is 1. The molecule has 1 rings (SSSR count). The second-order valence-corrected chi connectivity index (χ2v) is 3.65. The van der Waals surface area contributed by atoms with Crippen LogP contribution in [0.25, 0.3) is 0 Å². The summed E-state index contributed by atoms with van der Waals surface area (Å²) in [5.41, 5.74) is -0.766. The lowest BCUT2D eigenvalue weighted by Gasteiger charge is -2.10. The van der Waals surface area contributed by atoms with E-state index in [9.17, 15) is 13.2 Å². The van der Waals surface area contributed by atoms with Crippen LogP contribution in [-0.4, -0.2) is 6.72 Å². The second-order valence-electron chi connectivity index (χ2n) is 2.45. The minimum Gasteiger partial charge on any atom is -0.265 e. The zero-order valence-corrected chi connectivity index (χ0v) is 9.04. The number of halogens is 5. The van der Waals surface area contributed by atoms with Gasteiger partial charge in [0.2, 0.25) is 0 Å². The summed E-state index contributed by atoms with van der Waals surface area (Å²) in [6, 6.07) is 2.18. The summed E-state index contributed by atoms with van der Waals surface area (Å²) in [6.07, 6.45) is -4.46. The number of aliphatic imine (C=N–C) groups is 1. The summed E-state index contributed by atoms with van der Waals surface area (Å²) < 4.78 is 37.0. The maximum atomic E-state index is 12.4. The first-order valence-electron chi connectivity index (χ1n) is 3.39. The van der Waals surface area contributed by atoms with Gasteiger partial charge in [0, 0.05) is 4.47 Å². The van der Waals surface area contributed by atoms with Crippen molar-refractivity contribution in [3.8, 4) is 0 Å². The summed E-state index contributed by atoms with van der Waals surface area (Å²) in [4.78, 5) is 3.39. The Kier molecular flexibility index (Phi) is 3.21. The number of nitrogens with zero attached hydrogens (tertiary/aromatic N) is 1. The summed E-state index contributed by atoms with van der Waals surface area (Å²) >= 11 is 8.33. The molecule has 0 aliphatic carbocycles. The molecule has 0 radical (unpaired) electrons. The predicted molar refractivity (Wildman–Crippen MR) is 53.4 cm³/mol. The lowest BCUT2D eigenvalue weighted by Crippen LogP contribution is -2.05. The highest BCUT2D eigenvalue weighted by molar-refractivity contribution is 9.10. The van der Waals surface area contributed by atoms with Gasteiger partial charge in [0.05, 0.1) is 16.3 Å². The maximum absolute atomic E-state index is 12.4. The first-order chi connectivity index (χ1) is 6.36. The fraction of sp³-hybridized carbons (Fsp3) is 0.125. The van der Waals surface area contributed by atoms with E-state index in [1.165, 1.54) is 6.07 Å². The Balaban J connectivity index is 3.42. The summed E-state index contributed by atoms with van der Waals surface area (Å²) in [6.45, 7) is 3.13. The zero-order valence-electron chi connectivity index (χ0n) is 6.70. The SMILES string of the molecule is C=Nc1cc(Cl)c(Br)c(C(F)(F)F)c1. The van der Waals surface area contributed by atoms with Crippen LogP contribution in [0, 0.1) is 0 Å². The highest BCUT2D eigenvalue weighted by Crippen LogP contribution is 2.40. The Morgan fingerprint density at radius 2 is 1.93 bits per heavy atom. The minimum atomic E-state index is -4.46. The lowest BCUT2D eigenvalue weighted by molar-refractivity contribution is -0.138. The van der Waals surface area contributed by atoms with Crippen molar-refractivity contribution in [1.82, 2.24) is 0 Å². The van der Waals surface area contributed by atoms with E-state index in [2.05, 4.69) is 27.6 Å². The molecule has 1 nitrogen and oxygen atoms in total. The van der Waals surface area contributed by atoms with Gasteiger partial charge in [0.25, 0.3) is 0 Å². The van der Waals surface area contributed by atoms with Crippen LogP contribution < -0.4 is 0 Å². The van der Waals surface area contributed by atoms with Crippen molar-refractivity contribution in [3.63, 3.8) is 0 Å². The van der Waals surface area contributed by atoms with Crippen LogP contribution in [0.3, 0.4) is 0 Å². The van der Waals surface area contributed by atoms with Crippen molar-refractivity contribution in [1.29, 1.82) is 0 Å². The highest BCUT2D eigenvalue weighted by atomic mass is 79.9. The molecular formula is C8H4BrClF3N. The molecule has 0 aromatic heterocycles. The van der Waals surface area contributed by atoms with E-state index < -0.39 is 11.7 Å². The fourth-order valence-electron chi connectivity index (χ4n) is 0.872. The number of alkyl halides is 3. The molecule has 0 unspecified atom stereocenters. The Bertz CT molecular complexity index is 376. The van der Waals surface area contributed by atoms with Gasteiger partial charge in [-0.05, 0) is 34.8 Å².